The molecule has 2 N–H and O–H groups in total. The van der Waals surface area contributed by atoms with Crippen LogP contribution in [0.4, 0.5) is 0 Å². The summed E-state index contributed by atoms with van der Waals surface area (Å²) in [6.07, 6.45) is 1.86. The molecule has 0 bridgehead atoms. The van der Waals surface area contributed by atoms with Gasteiger partial charge in [0.05, 0.1) is 11.9 Å². The molecular weight excluding hydrogens is 198 g/mol. The van der Waals surface area contributed by atoms with Crippen molar-refractivity contribution in [3.05, 3.63) is 41.7 Å². The quantitative estimate of drug-likeness (QED) is 0.854. The minimum absolute atomic E-state index is 0.534. The van der Waals surface area contributed by atoms with E-state index in [4.69, 9.17) is 5.73 Å². The normalized spacial score (nSPS) is 10.7. The third-order valence-corrected chi connectivity index (χ3v) is 2.74. The first-order valence-corrected chi connectivity index (χ1v) is 5.57. The first-order valence-electron chi connectivity index (χ1n) is 5.57. The number of nitrogens with zero attached hydrogens (tertiary/aromatic N) is 2. The smallest absolute Gasteiger partial charge is 0.140 e. The summed E-state index contributed by atoms with van der Waals surface area (Å²) in [4.78, 5) is 4.45. The lowest BCUT2D eigenvalue weighted by Crippen LogP contribution is -2.07. The number of rotatable bonds is 3. The molecule has 1 aromatic heterocycles. The molecule has 0 amide bonds. The Morgan fingerprint density at radius 1 is 1.38 bits per heavy atom. The largest absolute Gasteiger partial charge is 0.327 e. The van der Waals surface area contributed by atoms with E-state index < -0.39 is 0 Å². The van der Waals surface area contributed by atoms with Crippen molar-refractivity contribution < 1.29 is 0 Å². The molecule has 0 saturated heterocycles. The first-order chi connectivity index (χ1) is 7.76. The van der Waals surface area contributed by atoms with Crippen LogP contribution in [0.25, 0.3) is 11.4 Å². The Hall–Kier alpha value is -1.61. The van der Waals surface area contributed by atoms with E-state index in [0.29, 0.717) is 6.54 Å². The van der Waals surface area contributed by atoms with E-state index in [1.807, 2.05) is 6.20 Å². The molecule has 0 aliphatic heterocycles. The molecule has 1 heterocycles. The van der Waals surface area contributed by atoms with E-state index in [0.717, 1.165) is 23.6 Å². The van der Waals surface area contributed by atoms with Crippen LogP contribution in [0.5, 0.6) is 0 Å². The van der Waals surface area contributed by atoms with Crippen LogP contribution >= 0.6 is 0 Å². The highest BCUT2D eigenvalue weighted by atomic mass is 15.1. The molecule has 0 radical (unpaired) electrons. The lowest BCUT2D eigenvalue weighted by atomic mass is 10.1. The second-order valence-electron chi connectivity index (χ2n) is 3.89. The van der Waals surface area contributed by atoms with E-state index in [-0.39, 0.29) is 0 Å². The Morgan fingerprint density at radius 2 is 2.19 bits per heavy atom. The highest BCUT2D eigenvalue weighted by molar-refractivity contribution is 5.57. The van der Waals surface area contributed by atoms with Gasteiger partial charge in [0.1, 0.15) is 5.82 Å². The van der Waals surface area contributed by atoms with Gasteiger partial charge in [-0.05, 0) is 19.9 Å². The maximum Gasteiger partial charge on any atom is 0.140 e. The number of hydrogen-bond donors (Lipinski definition) is 1. The molecule has 1 aromatic carbocycles. The van der Waals surface area contributed by atoms with Crippen LogP contribution < -0.4 is 5.73 Å². The molecule has 84 valence electrons. The van der Waals surface area contributed by atoms with Gasteiger partial charge in [-0.25, -0.2) is 4.98 Å². The summed E-state index contributed by atoms with van der Waals surface area (Å²) in [5.41, 5.74) is 9.17. The van der Waals surface area contributed by atoms with E-state index >= 15 is 0 Å². The Morgan fingerprint density at radius 3 is 2.81 bits per heavy atom. The summed E-state index contributed by atoms with van der Waals surface area (Å²) in [5.74, 6) is 1.01. The van der Waals surface area contributed by atoms with Crippen LogP contribution in [0.3, 0.4) is 0 Å². The number of aromatic nitrogens is 2. The molecule has 3 nitrogen and oxygen atoms in total. The predicted molar refractivity (Wildman–Crippen MR) is 66.0 cm³/mol. The van der Waals surface area contributed by atoms with E-state index in [2.05, 4.69) is 47.7 Å². The number of aryl methyl sites for hydroxylation is 1. The standard InChI is InChI=1S/C13H17N3/c1-3-16-12(8-14)9-15-13(16)11-6-4-5-10(2)7-11/h4-7,9H,3,8,14H2,1-2H3. The van der Waals surface area contributed by atoms with Crippen molar-refractivity contribution in [2.75, 3.05) is 0 Å². The maximum absolute atomic E-state index is 5.69. The zero-order valence-electron chi connectivity index (χ0n) is 9.77. The molecule has 16 heavy (non-hydrogen) atoms. The van der Waals surface area contributed by atoms with Crippen LogP contribution in [-0.2, 0) is 13.1 Å². The topological polar surface area (TPSA) is 43.8 Å². The zero-order chi connectivity index (χ0) is 11.5. The van der Waals surface area contributed by atoms with Crippen LogP contribution in [0.2, 0.25) is 0 Å². The number of imidazole rings is 1. The lowest BCUT2D eigenvalue weighted by molar-refractivity contribution is 0.720. The molecule has 2 rings (SSSR count). The number of nitrogens with two attached hydrogens (primary N) is 1. The van der Waals surface area contributed by atoms with Gasteiger partial charge in [-0.2, -0.15) is 0 Å². The first kappa shape index (κ1) is 10.9. The molecular formula is C13H17N3. The molecule has 0 saturated carbocycles. The van der Waals surface area contributed by atoms with Gasteiger partial charge >= 0.3 is 0 Å². The summed E-state index contributed by atoms with van der Waals surface area (Å²) in [6, 6.07) is 8.38. The van der Waals surface area contributed by atoms with Crippen molar-refractivity contribution >= 4 is 0 Å². The number of hydrogen-bond acceptors (Lipinski definition) is 2. The van der Waals surface area contributed by atoms with Gasteiger partial charge < -0.3 is 10.3 Å². The van der Waals surface area contributed by atoms with Crippen molar-refractivity contribution in [3.63, 3.8) is 0 Å². The lowest BCUT2D eigenvalue weighted by Gasteiger charge is -2.08. The molecule has 0 atom stereocenters. The third kappa shape index (κ3) is 1.86. The molecule has 0 aliphatic rings. The fourth-order valence-electron chi connectivity index (χ4n) is 1.94. The maximum atomic E-state index is 5.69. The molecule has 0 aliphatic carbocycles. The highest BCUT2D eigenvalue weighted by Crippen LogP contribution is 2.20. The van der Waals surface area contributed by atoms with Crippen LogP contribution in [-0.4, -0.2) is 9.55 Å². The fraction of sp³-hybridized carbons (Fsp3) is 0.308. The van der Waals surface area contributed by atoms with Crippen molar-refractivity contribution in [2.45, 2.75) is 26.9 Å². The average molecular weight is 215 g/mol. The summed E-state index contributed by atoms with van der Waals surface area (Å²) in [5, 5.41) is 0. The Labute approximate surface area is 95.9 Å². The summed E-state index contributed by atoms with van der Waals surface area (Å²) >= 11 is 0. The van der Waals surface area contributed by atoms with Crippen molar-refractivity contribution in [3.8, 4) is 11.4 Å². The molecule has 3 heteroatoms. The monoisotopic (exact) mass is 215 g/mol. The molecule has 0 unspecified atom stereocenters. The van der Waals surface area contributed by atoms with Gasteiger partial charge in [-0.1, -0.05) is 23.8 Å². The van der Waals surface area contributed by atoms with E-state index in [1.54, 1.807) is 0 Å². The molecule has 2 aromatic rings. The predicted octanol–water partition coefficient (Wildman–Crippen LogP) is 2.34. The Balaban J connectivity index is 2.51. The van der Waals surface area contributed by atoms with Gasteiger partial charge in [0, 0.05) is 18.7 Å². The van der Waals surface area contributed by atoms with Crippen LogP contribution in [0.15, 0.2) is 30.5 Å². The van der Waals surface area contributed by atoms with E-state index in [1.165, 1.54) is 5.56 Å². The second-order valence-corrected chi connectivity index (χ2v) is 3.89. The van der Waals surface area contributed by atoms with Gasteiger partial charge in [0.2, 0.25) is 0 Å². The van der Waals surface area contributed by atoms with Crippen molar-refractivity contribution in [1.29, 1.82) is 0 Å². The van der Waals surface area contributed by atoms with Crippen molar-refractivity contribution in [2.24, 2.45) is 5.73 Å². The molecule has 0 spiro atoms. The van der Waals surface area contributed by atoms with Gasteiger partial charge in [0.15, 0.2) is 0 Å². The minimum atomic E-state index is 0.534. The van der Waals surface area contributed by atoms with Crippen molar-refractivity contribution in [1.82, 2.24) is 9.55 Å². The zero-order valence-corrected chi connectivity index (χ0v) is 9.77. The summed E-state index contributed by atoms with van der Waals surface area (Å²) in [7, 11) is 0. The van der Waals surface area contributed by atoms with Gasteiger partial charge in [-0.3, -0.25) is 0 Å². The average Bonchev–Trinajstić information content (AvgIpc) is 2.71. The highest BCUT2D eigenvalue weighted by Gasteiger charge is 2.09. The summed E-state index contributed by atoms with van der Waals surface area (Å²) < 4.78 is 2.16. The van der Waals surface area contributed by atoms with Crippen LogP contribution in [0.1, 0.15) is 18.2 Å². The van der Waals surface area contributed by atoms with Gasteiger partial charge in [0.25, 0.3) is 0 Å². The molecule has 0 fully saturated rings. The SMILES string of the molecule is CCn1c(CN)cnc1-c1cccc(C)c1. The van der Waals surface area contributed by atoms with Gasteiger partial charge in [-0.15, -0.1) is 0 Å². The summed E-state index contributed by atoms with van der Waals surface area (Å²) in [6.45, 7) is 5.63. The Kier molecular flexibility index (Phi) is 3.06. The fourth-order valence-corrected chi connectivity index (χ4v) is 1.94. The Bertz CT molecular complexity index is 486. The third-order valence-electron chi connectivity index (χ3n) is 2.74. The minimum Gasteiger partial charge on any atom is -0.327 e. The second kappa shape index (κ2) is 4.49. The van der Waals surface area contributed by atoms with Crippen LogP contribution in [0, 0.1) is 6.92 Å². The number of benzene rings is 1. The van der Waals surface area contributed by atoms with E-state index in [9.17, 15) is 0 Å².